The molecule has 6 nitrogen and oxygen atoms in total. The van der Waals surface area contributed by atoms with E-state index in [0.717, 1.165) is 17.8 Å². The summed E-state index contributed by atoms with van der Waals surface area (Å²) in [7, 11) is 0. The zero-order chi connectivity index (χ0) is 20.2. The highest BCUT2D eigenvalue weighted by atomic mass is 35.5. The van der Waals surface area contributed by atoms with E-state index in [1.54, 1.807) is 24.5 Å². The van der Waals surface area contributed by atoms with Gasteiger partial charge < -0.3 is 10.1 Å². The summed E-state index contributed by atoms with van der Waals surface area (Å²) in [5, 5.41) is 6.05. The van der Waals surface area contributed by atoms with Gasteiger partial charge >= 0.3 is 0 Å². The van der Waals surface area contributed by atoms with Crippen LogP contribution in [0.2, 0.25) is 0 Å². The fourth-order valence-electron chi connectivity index (χ4n) is 2.30. The van der Waals surface area contributed by atoms with Crippen molar-refractivity contribution in [1.29, 1.82) is 0 Å². The summed E-state index contributed by atoms with van der Waals surface area (Å²) < 4.78 is 33.8. The molecule has 0 saturated heterocycles. The van der Waals surface area contributed by atoms with Gasteiger partial charge in [0.1, 0.15) is 11.6 Å². The Hall–Kier alpha value is -2.53. The van der Waals surface area contributed by atoms with Crippen LogP contribution < -0.4 is 10.1 Å². The molecule has 0 aliphatic heterocycles. The van der Waals surface area contributed by atoms with Crippen LogP contribution in [0.15, 0.2) is 64.4 Å². The quantitative estimate of drug-likeness (QED) is 0.304. The van der Waals surface area contributed by atoms with Crippen LogP contribution >= 0.6 is 47.9 Å². The number of pyridine rings is 1. The lowest BCUT2D eigenvalue weighted by atomic mass is 10.3. The van der Waals surface area contributed by atoms with Crippen LogP contribution in [0.5, 0.6) is 11.5 Å². The van der Waals surface area contributed by atoms with Crippen LogP contribution in [0.1, 0.15) is 5.69 Å². The number of ether oxygens (including phenoxy) is 1. The predicted octanol–water partition coefficient (Wildman–Crippen LogP) is 6.45. The minimum Gasteiger partial charge on any atom is -0.450 e. The van der Waals surface area contributed by atoms with Crippen molar-refractivity contribution < 1.29 is 13.5 Å². The van der Waals surface area contributed by atoms with Crippen LogP contribution in [0.3, 0.4) is 0 Å². The Morgan fingerprint density at radius 1 is 1.03 bits per heavy atom. The molecule has 3 aromatic heterocycles. The SMILES string of the molecule is Cc1csc(Nc2cc(Oc3c(F)cccc3F)c(Sc3ncccn3)cn2)n1.Cl.Cl. The molecule has 162 valence electrons. The topological polar surface area (TPSA) is 72.8 Å². The van der Waals surface area contributed by atoms with Gasteiger partial charge in [-0.1, -0.05) is 6.07 Å². The third-order valence-corrected chi connectivity index (χ3v) is 5.36. The van der Waals surface area contributed by atoms with Gasteiger partial charge in [0.2, 0.25) is 0 Å². The molecule has 0 aliphatic rings. The number of aryl methyl sites for hydroxylation is 1. The summed E-state index contributed by atoms with van der Waals surface area (Å²) in [5.74, 6) is -1.48. The van der Waals surface area contributed by atoms with E-state index in [1.165, 1.54) is 35.4 Å². The van der Waals surface area contributed by atoms with E-state index < -0.39 is 17.4 Å². The molecule has 0 unspecified atom stereocenters. The molecular formula is C19H15Cl2F2N5OS2. The number of thiazole rings is 1. The van der Waals surface area contributed by atoms with Crippen molar-refractivity contribution >= 4 is 58.9 Å². The van der Waals surface area contributed by atoms with Crippen LogP contribution in [0.25, 0.3) is 0 Å². The number of para-hydroxylation sites is 1. The van der Waals surface area contributed by atoms with E-state index >= 15 is 0 Å². The average Bonchev–Trinajstić information content (AvgIpc) is 3.12. The zero-order valence-corrected chi connectivity index (χ0v) is 19.0. The van der Waals surface area contributed by atoms with Crippen molar-refractivity contribution in [2.24, 2.45) is 0 Å². The van der Waals surface area contributed by atoms with E-state index in [0.29, 0.717) is 21.0 Å². The third kappa shape index (κ3) is 6.23. The first-order chi connectivity index (χ1) is 14.1. The lowest BCUT2D eigenvalue weighted by molar-refractivity contribution is 0.400. The average molecular weight is 502 g/mol. The Balaban J connectivity index is 0.00000171. The molecule has 0 aliphatic carbocycles. The summed E-state index contributed by atoms with van der Waals surface area (Å²) in [6.45, 7) is 1.88. The Labute approximate surface area is 197 Å². The minimum atomic E-state index is -0.807. The molecule has 0 radical (unpaired) electrons. The molecule has 4 rings (SSSR count). The van der Waals surface area contributed by atoms with E-state index in [1.807, 2.05) is 12.3 Å². The molecule has 0 fully saturated rings. The normalized spacial score (nSPS) is 10.0. The van der Waals surface area contributed by atoms with Gasteiger partial charge in [0.05, 0.1) is 10.6 Å². The number of benzene rings is 1. The number of rotatable bonds is 6. The van der Waals surface area contributed by atoms with Gasteiger partial charge in [-0.25, -0.2) is 28.7 Å². The van der Waals surface area contributed by atoms with Crippen molar-refractivity contribution in [1.82, 2.24) is 19.9 Å². The van der Waals surface area contributed by atoms with Crippen LogP contribution in [-0.2, 0) is 0 Å². The van der Waals surface area contributed by atoms with Crippen LogP contribution in [0, 0.1) is 18.6 Å². The second-order valence-electron chi connectivity index (χ2n) is 5.72. The summed E-state index contributed by atoms with van der Waals surface area (Å²) in [6.07, 6.45) is 4.72. The molecule has 0 spiro atoms. The highest BCUT2D eigenvalue weighted by Gasteiger charge is 2.16. The number of nitrogens with one attached hydrogen (secondary N) is 1. The molecule has 1 N–H and O–H groups in total. The summed E-state index contributed by atoms with van der Waals surface area (Å²) >= 11 is 2.59. The number of anilines is 2. The van der Waals surface area contributed by atoms with Gasteiger partial charge in [0.25, 0.3) is 0 Å². The molecule has 0 bridgehead atoms. The molecule has 12 heteroatoms. The largest absolute Gasteiger partial charge is 0.450 e. The van der Waals surface area contributed by atoms with Crippen molar-refractivity contribution in [3.8, 4) is 11.5 Å². The molecule has 4 aromatic rings. The number of hydrogen-bond donors (Lipinski definition) is 1. The third-order valence-electron chi connectivity index (χ3n) is 3.56. The summed E-state index contributed by atoms with van der Waals surface area (Å²) in [5.41, 5.74) is 0.871. The van der Waals surface area contributed by atoms with Crippen molar-refractivity contribution in [2.75, 3.05) is 5.32 Å². The standard InChI is InChI=1S/C19H13F2N5OS2.2ClH/c1-11-10-28-19(25-11)26-16-8-14(27-17-12(20)4-2-5-13(17)21)15(9-24-16)29-18-22-6-3-7-23-18;;/h2-10H,1H3,(H,24,25,26);2*1H. The van der Waals surface area contributed by atoms with E-state index in [9.17, 15) is 8.78 Å². The van der Waals surface area contributed by atoms with E-state index in [2.05, 4.69) is 25.3 Å². The van der Waals surface area contributed by atoms with Crippen LogP contribution in [0.4, 0.5) is 19.7 Å². The van der Waals surface area contributed by atoms with Gasteiger partial charge in [-0.05, 0) is 36.9 Å². The van der Waals surface area contributed by atoms with Gasteiger partial charge in [-0.3, -0.25) is 0 Å². The number of aromatic nitrogens is 4. The Morgan fingerprint density at radius 2 is 1.74 bits per heavy atom. The van der Waals surface area contributed by atoms with Crippen molar-refractivity contribution in [2.45, 2.75) is 17.0 Å². The van der Waals surface area contributed by atoms with Gasteiger partial charge in [-0.2, -0.15) is 0 Å². The lowest BCUT2D eigenvalue weighted by Crippen LogP contribution is -1.98. The predicted molar refractivity (Wildman–Crippen MR) is 121 cm³/mol. The summed E-state index contributed by atoms with van der Waals surface area (Å²) in [6, 6.07) is 6.77. The first kappa shape index (κ1) is 24.7. The Bertz CT molecular complexity index is 1130. The number of nitrogens with zero attached hydrogens (tertiary/aromatic N) is 4. The van der Waals surface area contributed by atoms with Gasteiger partial charge in [-0.15, -0.1) is 36.2 Å². The fraction of sp³-hybridized carbons (Fsp3) is 0.0526. The minimum absolute atomic E-state index is 0. The lowest BCUT2D eigenvalue weighted by Gasteiger charge is -2.13. The second-order valence-corrected chi connectivity index (χ2v) is 7.59. The highest BCUT2D eigenvalue weighted by molar-refractivity contribution is 7.99. The Morgan fingerprint density at radius 3 is 2.39 bits per heavy atom. The number of halogens is 4. The second kappa shape index (κ2) is 11.2. The van der Waals surface area contributed by atoms with Gasteiger partial charge in [0, 0.05) is 30.0 Å². The van der Waals surface area contributed by atoms with Gasteiger partial charge in [0.15, 0.2) is 27.7 Å². The maximum absolute atomic E-state index is 14.1. The molecule has 31 heavy (non-hydrogen) atoms. The highest BCUT2D eigenvalue weighted by Crippen LogP contribution is 2.38. The molecule has 0 atom stereocenters. The molecule has 0 amide bonds. The first-order valence-corrected chi connectivity index (χ1v) is 10.0. The molecule has 3 heterocycles. The smallest absolute Gasteiger partial charge is 0.198 e. The van der Waals surface area contributed by atoms with E-state index in [-0.39, 0.29) is 30.6 Å². The Kier molecular flexibility index (Phi) is 8.93. The molecular weight excluding hydrogens is 487 g/mol. The first-order valence-electron chi connectivity index (χ1n) is 8.34. The summed E-state index contributed by atoms with van der Waals surface area (Å²) in [4.78, 5) is 17.5. The van der Waals surface area contributed by atoms with Crippen molar-refractivity contribution in [3.05, 3.63) is 71.6 Å². The maximum Gasteiger partial charge on any atom is 0.198 e. The fourth-order valence-corrected chi connectivity index (χ4v) is 3.72. The number of hydrogen-bond acceptors (Lipinski definition) is 8. The molecule has 1 aromatic carbocycles. The van der Waals surface area contributed by atoms with E-state index in [4.69, 9.17) is 4.74 Å². The zero-order valence-electron chi connectivity index (χ0n) is 15.8. The van der Waals surface area contributed by atoms with Crippen LogP contribution in [-0.4, -0.2) is 19.9 Å². The van der Waals surface area contributed by atoms with Crippen molar-refractivity contribution in [3.63, 3.8) is 0 Å². The maximum atomic E-state index is 14.1. The molecule has 0 saturated carbocycles. The monoisotopic (exact) mass is 501 g/mol.